The van der Waals surface area contributed by atoms with Gasteiger partial charge in [0.15, 0.2) is 0 Å². The first-order valence-electron chi connectivity index (χ1n) is 8.43. The van der Waals surface area contributed by atoms with E-state index in [1.165, 1.54) is 0 Å². The number of hydrogen-bond donors (Lipinski definition) is 1. The molecule has 0 atom stereocenters. The number of benzene rings is 2. The summed E-state index contributed by atoms with van der Waals surface area (Å²) in [6.07, 6.45) is 0. The molecule has 7 heteroatoms. The smallest absolute Gasteiger partial charge is 0.254 e. The molecule has 2 aromatic heterocycles. The van der Waals surface area contributed by atoms with Crippen molar-refractivity contribution in [3.05, 3.63) is 54.3 Å². The van der Waals surface area contributed by atoms with Gasteiger partial charge < -0.3 is 19.0 Å². The first-order valence-corrected chi connectivity index (χ1v) is 8.43. The number of nitrogens with zero attached hydrogens (tertiary/aromatic N) is 3. The topological polar surface area (TPSA) is 86.2 Å². The summed E-state index contributed by atoms with van der Waals surface area (Å²) in [6, 6.07) is 15.4. The van der Waals surface area contributed by atoms with Gasteiger partial charge >= 0.3 is 0 Å². The second-order valence-corrected chi connectivity index (χ2v) is 5.91. The van der Waals surface area contributed by atoms with E-state index in [1.807, 2.05) is 62.5 Å². The average molecular weight is 362 g/mol. The Balaban J connectivity index is 1.78. The summed E-state index contributed by atoms with van der Waals surface area (Å²) in [7, 11) is 3.45. The van der Waals surface area contributed by atoms with E-state index in [1.54, 1.807) is 7.11 Å². The lowest BCUT2D eigenvalue weighted by molar-refractivity contribution is 0.399. The average Bonchev–Trinajstić information content (AvgIpc) is 3.34. The largest absolute Gasteiger partial charge is 0.496 e. The molecular formula is C20H18N4O3. The quantitative estimate of drug-likeness (QED) is 0.562. The van der Waals surface area contributed by atoms with Gasteiger partial charge in [0.1, 0.15) is 22.8 Å². The van der Waals surface area contributed by atoms with Crippen LogP contribution in [0.25, 0.3) is 34.2 Å². The maximum atomic E-state index is 5.95. The highest BCUT2D eigenvalue weighted by molar-refractivity contribution is 5.78. The van der Waals surface area contributed by atoms with E-state index < -0.39 is 0 Å². The fourth-order valence-electron chi connectivity index (χ4n) is 2.87. The number of rotatable bonds is 5. The number of hydrogen-bond acceptors (Lipinski definition) is 7. The predicted octanol–water partition coefficient (Wildman–Crippen LogP) is 4.42. The Morgan fingerprint density at radius 2 is 1.78 bits per heavy atom. The van der Waals surface area contributed by atoms with Gasteiger partial charge in [-0.1, -0.05) is 35.5 Å². The summed E-state index contributed by atoms with van der Waals surface area (Å²) in [5, 5.41) is 15.6. The molecule has 2 aromatic carbocycles. The molecule has 0 saturated heterocycles. The van der Waals surface area contributed by atoms with Gasteiger partial charge in [0, 0.05) is 24.4 Å². The molecule has 0 unspecified atom stereocenters. The molecule has 7 nitrogen and oxygen atoms in total. The van der Waals surface area contributed by atoms with Gasteiger partial charge in [-0.05, 0) is 19.1 Å². The van der Waals surface area contributed by atoms with Crippen molar-refractivity contribution in [3.63, 3.8) is 0 Å². The zero-order valence-corrected chi connectivity index (χ0v) is 15.2. The van der Waals surface area contributed by atoms with Crippen LogP contribution in [0.2, 0.25) is 0 Å². The molecule has 4 aromatic rings. The number of aromatic nitrogens is 3. The lowest BCUT2D eigenvalue weighted by Gasteiger charge is -2.07. The van der Waals surface area contributed by atoms with Crippen LogP contribution in [0, 0.1) is 6.92 Å². The van der Waals surface area contributed by atoms with E-state index in [-0.39, 0.29) is 0 Å². The van der Waals surface area contributed by atoms with Crippen LogP contribution < -0.4 is 10.1 Å². The molecule has 4 rings (SSSR count). The molecule has 0 aliphatic rings. The third-order valence-electron chi connectivity index (χ3n) is 4.27. The van der Waals surface area contributed by atoms with Crippen LogP contribution in [-0.4, -0.2) is 29.5 Å². The Bertz CT molecular complexity index is 1070. The Hall–Kier alpha value is -3.61. The highest BCUT2D eigenvalue weighted by Crippen LogP contribution is 2.37. The fraction of sp³-hybridized carbons (Fsp3) is 0.150. The zero-order valence-electron chi connectivity index (χ0n) is 15.2. The maximum absolute atomic E-state index is 5.95. The number of nitrogens with one attached hydrogen (secondary N) is 1. The molecule has 1 N–H and O–H groups in total. The summed E-state index contributed by atoms with van der Waals surface area (Å²) < 4.78 is 16.8. The second-order valence-electron chi connectivity index (χ2n) is 5.91. The molecule has 0 saturated carbocycles. The van der Waals surface area contributed by atoms with Gasteiger partial charge in [-0.25, -0.2) is 0 Å². The summed E-state index contributed by atoms with van der Waals surface area (Å²) in [5.74, 6) is 1.97. The van der Waals surface area contributed by atoms with Gasteiger partial charge in [0.2, 0.25) is 0 Å². The van der Waals surface area contributed by atoms with Crippen LogP contribution in [0.3, 0.4) is 0 Å². The van der Waals surface area contributed by atoms with Crippen molar-refractivity contribution in [1.29, 1.82) is 0 Å². The van der Waals surface area contributed by atoms with Crippen LogP contribution in [0.5, 0.6) is 5.75 Å². The summed E-state index contributed by atoms with van der Waals surface area (Å²) in [4.78, 5) is 0. The summed E-state index contributed by atoms with van der Waals surface area (Å²) in [5.41, 5.74) is 3.91. The molecule has 0 aliphatic carbocycles. The Morgan fingerprint density at radius 3 is 2.52 bits per heavy atom. The van der Waals surface area contributed by atoms with Crippen molar-refractivity contribution < 1.29 is 13.7 Å². The van der Waals surface area contributed by atoms with Crippen molar-refractivity contribution in [2.24, 2.45) is 0 Å². The van der Waals surface area contributed by atoms with Crippen molar-refractivity contribution in [1.82, 2.24) is 15.4 Å². The van der Waals surface area contributed by atoms with E-state index in [4.69, 9.17) is 13.7 Å². The Kier molecular flexibility index (Phi) is 4.33. The Labute approximate surface area is 156 Å². The monoisotopic (exact) mass is 362 g/mol. The molecule has 27 heavy (non-hydrogen) atoms. The van der Waals surface area contributed by atoms with E-state index in [9.17, 15) is 0 Å². The highest BCUT2D eigenvalue weighted by Gasteiger charge is 2.23. The normalized spacial score (nSPS) is 10.8. The van der Waals surface area contributed by atoms with Crippen molar-refractivity contribution in [2.75, 3.05) is 19.5 Å². The molecule has 0 radical (unpaired) electrons. The fourth-order valence-corrected chi connectivity index (χ4v) is 2.87. The lowest BCUT2D eigenvalue weighted by Crippen LogP contribution is -1.92. The second kappa shape index (κ2) is 6.95. The number of aryl methyl sites for hydroxylation is 1. The van der Waals surface area contributed by atoms with Crippen molar-refractivity contribution >= 4 is 5.69 Å². The van der Waals surface area contributed by atoms with Crippen molar-refractivity contribution in [3.8, 4) is 39.9 Å². The SMILES string of the molecule is CNc1ccc(-c2nnc(-c3c(-c4ccccc4)noc3C)o2)c(OC)c1. The molecule has 0 bridgehead atoms. The number of methoxy groups -OCH3 is 1. The summed E-state index contributed by atoms with van der Waals surface area (Å²) >= 11 is 0. The van der Waals surface area contributed by atoms with Crippen molar-refractivity contribution in [2.45, 2.75) is 6.92 Å². The van der Waals surface area contributed by atoms with E-state index in [0.717, 1.165) is 11.3 Å². The van der Waals surface area contributed by atoms with E-state index >= 15 is 0 Å². The minimum absolute atomic E-state index is 0.349. The van der Waals surface area contributed by atoms with Crippen LogP contribution in [0.4, 0.5) is 5.69 Å². The van der Waals surface area contributed by atoms with Crippen LogP contribution in [0.1, 0.15) is 5.76 Å². The van der Waals surface area contributed by atoms with Gasteiger partial charge in [-0.2, -0.15) is 0 Å². The van der Waals surface area contributed by atoms with E-state index in [0.29, 0.717) is 40.1 Å². The third-order valence-corrected chi connectivity index (χ3v) is 4.27. The van der Waals surface area contributed by atoms with Crippen LogP contribution >= 0.6 is 0 Å². The third kappa shape index (κ3) is 3.03. The molecular weight excluding hydrogens is 344 g/mol. The van der Waals surface area contributed by atoms with Gasteiger partial charge in [0.05, 0.1) is 12.7 Å². The minimum atomic E-state index is 0.349. The van der Waals surface area contributed by atoms with Gasteiger partial charge in [-0.3, -0.25) is 0 Å². The lowest BCUT2D eigenvalue weighted by atomic mass is 10.1. The molecule has 0 spiro atoms. The first-order chi connectivity index (χ1) is 13.2. The van der Waals surface area contributed by atoms with Crippen LogP contribution in [-0.2, 0) is 0 Å². The molecule has 136 valence electrons. The predicted molar refractivity (Wildman–Crippen MR) is 102 cm³/mol. The maximum Gasteiger partial charge on any atom is 0.254 e. The number of anilines is 1. The Morgan fingerprint density at radius 1 is 1.00 bits per heavy atom. The van der Waals surface area contributed by atoms with Crippen LogP contribution in [0.15, 0.2) is 57.5 Å². The molecule has 2 heterocycles. The highest BCUT2D eigenvalue weighted by atomic mass is 16.5. The summed E-state index contributed by atoms with van der Waals surface area (Å²) in [6.45, 7) is 1.82. The molecule has 0 amide bonds. The molecule has 0 aliphatic heterocycles. The van der Waals surface area contributed by atoms with Gasteiger partial charge in [0.25, 0.3) is 11.8 Å². The minimum Gasteiger partial charge on any atom is -0.496 e. The standard InChI is InChI=1S/C20H18N4O3/c1-12-17(18(24-27-12)13-7-5-4-6-8-13)20-23-22-19(26-20)15-10-9-14(21-2)11-16(15)25-3/h4-11,21H,1-3H3. The first kappa shape index (κ1) is 16.8. The molecule has 0 fully saturated rings. The van der Waals surface area contributed by atoms with E-state index in [2.05, 4.69) is 20.7 Å². The zero-order chi connectivity index (χ0) is 18.8. The van der Waals surface area contributed by atoms with Gasteiger partial charge in [-0.15, -0.1) is 10.2 Å². The number of ether oxygens (including phenoxy) is 1.